The molecule has 1 atom stereocenters. The summed E-state index contributed by atoms with van der Waals surface area (Å²) in [6, 6.07) is 0. The van der Waals surface area contributed by atoms with Crippen molar-refractivity contribution >= 4 is 6.09 Å². The molecule has 1 unspecified atom stereocenters. The van der Waals surface area contributed by atoms with Gasteiger partial charge in [0.05, 0.1) is 24.9 Å². The number of ether oxygens (including phenoxy) is 1. The zero-order valence-electron chi connectivity index (χ0n) is 10.1. The van der Waals surface area contributed by atoms with E-state index in [0.717, 1.165) is 0 Å². The Morgan fingerprint density at radius 1 is 1.47 bits per heavy atom. The number of aliphatic hydroxyl groups excluding tert-OH is 2. The molecule has 0 aromatic heterocycles. The largest absolute Gasteiger partial charge is 0.450 e. The Balaban J connectivity index is 2.41. The smallest absolute Gasteiger partial charge is 0.409 e. The molecule has 0 spiro atoms. The fraction of sp³-hybridized carbons (Fsp3) is 0.909. The standard InChI is InChI=1S/C11H21NO5/c1-2-17-10(15)12-5-3-11(16,4-6-12)7-9(14)8-13/h9,13-14,16H,2-8H2,1H3. The molecule has 0 aromatic rings. The minimum absolute atomic E-state index is 0.139. The van der Waals surface area contributed by atoms with E-state index in [9.17, 15) is 15.0 Å². The summed E-state index contributed by atoms with van der Waals surface area (Å²) in [4.78, 5) is 13.0. The molecule has 1 heterocycles. The zero-order valence-corrected chi connectivity index (χ0v) is 10.1. The van der Waals surface area contributed by atoms with Crippen LogP contribution in [0.4, 0.5) is 4.79 Å². The highest BCUT2D eigenvalue weighted by Gasteiger charge is 2.35. The summed E-state index contributed by atoms with van der Waals surface area (Å²) < 4.78 is 4.87. The van der Waals surface area contributed by atoms with E-state index in [1.165, 1.54) is 0 Å². The molecule has 1 rings (SSSR count). The monoisotopic (exact) mass is 247 g/mol. The molecular formula is C11H21NO5. The first kappa shape index (κ1) is 14.2. The maximum absolute atomic E-state index is 11.4. The van der Waals surface area contributed by atoms with E-state index in [1.807, 2.05) is 0 Å². The number of likely N-dealkylation sites (tertiary alicyclic amines) is 1. The molecule has 1 fully saturated rings. The van der Waals surface area contributed by atoms with Crippen LogP contribution in [0.25, 0.3) is 0 Å². The molecule has 1 aliphatic rings. The van der Waals surface area contributed by atoms with E-state index in [0.29, 0.717) is 32.5 Å². The summed E-state index contributed by atoms with van der Waals surface area (Å²) in [6.07, 6.45) is -0.349. The van der Waals surface area contributed by atoms with Crippen molar-refractivity contribution in [2.45, 2.75) is 37.9 Å². The highest BCUT2D eigenvalue weighted by atomic mass is 16.6. The number of piperidine rings is 1. The predicted molar refractivity (Wildman–Crippen MR) is 60.5 cm³/mol. The van der Waals surface area contributed by atoms with Gasteiger partial charge in [-0.1, -0.05) is 0 Å². The molecular weight excluding hydrogens is 226 g/mol. The van der Waals surface area contributed by atoms with Crippen LogP contribution in [0.2, 0.25) is 0 Å². The number of hydrogen-bond donors (Lipinski definition) is 3. The predicted octanol–water partition coefficient (Wildman–Crippen LogP) is -0.287. The van der Waals surface area contributed by atoms with Crippen molar-refractivity contribution in [1.82, 2.24) is 4.90 Å². The summed E-state index contributed by atoms with van der Waals surface area (Å²) in [5, 5.41) is 28.2. The Bertz CT molecular complexity index is 250. The lowest BCUT2D eigenvalue weighted by Gasteiger charge is -2.38. The van der Waals surface area contributed by atoms with Crippen LogP contribution in [-0.4, -0.2) is 64.3 Å². The summed E-state index contributed by atoms with van der Waals surface area (Å²) in [5.74, 6) is 0. The third-order valence-corrected chi connectivity index (χ3v) is 3.05. The third-order valence-electron chi connectivity index (χ3n) is 3.05. The van der Waals surface area contributed by atoms with Gasteiger partial charge in [-0.3, -0.25) is 0 Å². The van der Waals surface area contributed by atoms with E-state index in [1.54, 1.807) is 11.8 Å². The van der Waals surface area contributed by atoms with Gasteiger partial charge < -0.3 is 25.0 Å². The van der Waals surface area contributed by atoms with Crippen LogP contribution < -0.4 is 0 Å². The van der Waals surface area contributed by atoms with Gasteiger partial charge in [0.1, 0.15) is 0 Å². The van der Waals surface area contributed by atoms with Crippen molar-refractivity contribution in [3.05, 3.63) is 0 Å². The Hall–Kier alpha value is -0.850. The van der Waals surface area contributed by atoms with Crippen LogP contribution in [0.5, 0.6) is 0 Å². The van der Waals surface area contributed by atoms with Gasteiger partial charge in [-0.15, -0.1) is 0 Å². The molecule has 3 N–H and O–H groups in total. The van der Waals surface area contributed by atoms with E-state index in [-0.39, 0.29) is 19.1 Å². The molecule has 1 aliphatic heterocycles. The summed E-state index contributed by atoms with van der Waals surface area (Å²) in [7, 11) is 0. The quantitative estimate of drug-likeness (QED) is 0.635. The number of hydrogen-bond acceptors (Lipinski definition) is 5. The third kappa shape index (κ3) is 4.14. The first-order valence-corrected chi connectivity index (χ1v) is 5.94. The minimum atomic E-state index is -0.995. The molecule has 0 saturated carbocycles. The number of aliphatic hydroxyl groups is 3. The van der Waals surface area contributed by atoms with Crippen molar-refractivity contribution in [1.29, 1.82) is 0 Å². The molecule has 0 aliphatic carbocycles. The van der Waals surface area contributed by atoms with Crippen LogP contribution in [0.3, 0.4) is 0 Å². The Morgan fingerprint density at radius 3 is 2.53 bits per heavy atom. The molecule has 0 radical (unpaired) electrons. The van der Waals surface area contributed by atoms with E-state index in [4.69, 9.17) is 9.84 Å². The van der Waals surface area contributed by atoms with Crippen LogP contribution in [-0.2, 0) is 4.74 Å². The molecule has 0 bridgehead atoms. The first-order chi connectivity index (χ1) is 8.00. The van der Waals surface area contributed by atoms with Gasteiger partial charge in [-0.2, -0.15) is 0 Å². The lowest BCUT2D eigenvalue weighted by molar-refractivity contribution is -0.0611. The Morgan fingerprint density at radius 2 is 2.06 bits per heavy atom. The maximum Gasteiger partial charge on any atom is 0.409 e. The van der Waals surface area contributed by atoms with E-state index >= 15 is 0 Å². The minimum Gasteiger partial charge on any atom is -0.450 e. The molecule has 100 valence electrons. The fourth-order valence-electron chi connectivity index (χ4n) is 2.03. The van der Waals surface area contributed by atoms with Gasteiger partial charge in [-0.05, 0) is 19.8 Å². The second-order valence-corrected chi connectivity index (χ2v) is 4.45. The van der Waals surface area contributed by atoms with Crippen LogP contribution >= 0.6 is 0 Å². The molecule has 1 amide bonds. The maximum atomic E-state index is 11.4. The number of carbonyl (C=O) groups is 1. The molecule has 6 nitrogen and oxygen atoms in total. The lowest BCUT2D eigenvalue weighted by atomic mass is 9.86. The number of nitrogens with zero attached hydrogens (tertiary/aromatic N) is 1. The van der Waals surface area contributed by atoms with Crippen molar-refractivity contribution < 1.29 is 24.9 Å². The van der Waals surface area contributed by atoms with Crippen molar-refractivity contribution in [2.75, 3.05) is 26.3 Å². The first-order valence-electron chi connectivity index (χ1n) is 5.94. The van der Waals surface area contributed by atoms with E-state index in [2.05, 4.69) is 0 Å². The number of rotatable bonds is 4. The SMILES string of the molecule is CCOC(=O)N1CCC(O)(CC(O)CO)CC1. The topological polar surface area (TPSA) is 90.2 Å². The Kier molecular flexibility index (Phi) is 5.17. The molecule has 1 saturated heterocycles. The Labute approximate surface area is 101 Å². The van der Waals surface area contributed by atoms with Crippen LogP contribution in [0.1, 0.15) is 26.2 Å². The second kappa shape index (κ2) is 6.18. The average Bonchev–Trinajstić information content (AvgIpc) is 2.29. The van der Waals surface area contributed by atoms with Gasteiger partial charge in [0.25, 0.3) is 0 Å². The van der Waals surface area contributed by atoms with Crippen molar-refractivity contribution in [3.63, 3.8) is 0 Å². The summed E-state index contributed by atoms with van der Waals surface area (Å²) >= 11 is 0. The van der Waals surface area contributed by atoms with Gasteiger partial charge in [-0.25, -0.2) is 4.79 Å². The van der Waals surface area contributed by atoms with Crippen molar-refractivity contribution in [3.8, 4) is 0 Å². The highest BCUT2D eigenvalue weighted by Crippen LogP contribution is 2.27. The average molecular weight is 247 g/mol. The fourth-order valence-corrected chi connectivity index (χ4v) is 2.03. The number of amides is 1. The van der Waals surface area contributed by atoms with Crippen molar-refractivity contribution in [2.24, 2.45) is 0 Å². The van der Waals surface area contributed by atoms with Gasteiger partial charge in [0.2, 0.25) is 0 Å². The lowest BCUT2D eigenvalue weighted by Crippen LogP contribution is -2.48. The molecule has 0 aromatic carbocycles. The normalized spacial score (nSPS) is 21.1. The zero-order chi connectivity index (χ0) is 12.9. The second-order valence-electron chi connectivity index (χ2n) is 4.45. The van der Waals surface area contributed by atoms with Gasteiger partial charge in [0, 0.05) is 19.5 Å². The van der Waals surface area contributed by atoms with Crippen LogP contribution in [0.15, 0.2) is 0 Å². The summed E-state index contributed by atoms with van der Waals surface area (Å²) in [5.41, 5.74) is -0.995. The van der Waals surface area contributed by atoms with Crippen LogP contribution in [0, 0.1) is 0 Å². The number of carbonyl (C=O) groups excluding carboxylic acids is 1. The van der Waals surface area contributed by atoms with E-state index < -0.39 is 11.7 Å². The molecule has 6 heteroatoms. The van der Waals surface area contributed by atoms with Gasteiger partial charge in [0.15, 0.2) is 0 Å². The van der Waals surface area contributed by atoms with Gasteiger partial charge >= 0.3 is 6.09 Å². The summed E-state index contributed by atoms with van der Waals surface area (Å²) in [6.45, 7) is 2.55. The molecule has 17 heavy (non-hydrogen) atoms. The highest BCUT2D eigenvalue weighted by molar-refractivity contribution is 5.67.